The second-order valence-corrected chi connectivity index (χ2v) is 7.91. The van der Waals surface area contributed by atoms with E-state index in [1.54, 1.807) is 32.4 Å². The maximum absolute atomic E-state index is 13.5. The Labute approximate surface area is 189 Å². The minimum atomic E-state index is -0.723. The predicted molar refractivity (Wildman–Crippen MR) is 118 cm³/mol. The topological polar surface area (TPSA) is 121 Å². The van der Waals surface area contributed by atoms with Gasteiger partial charge in [0.25, 0.3) is 5.69 Å². The second-order valence-electron chi connectivity index (χ2n) is 7.91. The number of hydrogen-bond donors (Lipinski definition) is 1. The summed E-state index contributed by atoms with van der Waals surface area (Å²) in [7, 11) is 3.14. The Hall–Kier alpha value is -4.21. The van der Waals surface area contributed by atoms with E-state index < -0.39 is 11.0 Å². The van der Waals surface area contributed by atoms with Crippen LogP contribution in [0.1, 0.15) is 35.9 Å². The van der Waals surface area contributed by atoms with Crippen LogP contribution >= 0.6 is 0 Å². The van der Waals surface area contributed by atoms with Crippen molar-refractivity contribution < 1.29 is 19.2 Å². The summed E-state index contributed by atoms with van der Waals surface area (Å²) in [5, 5.41) is 19.2. The first-order valence-electron chi connectivity index (χ1n) is 10.4. The van der Waals surface area contributed by atoms with Crippen molar-refractivity contribution in [2.75, 3.05) is 19.5 Å². The number of hydrogen-bond acceptors (Lipinski definition) is 8. The van der Waals surface area contributed by atoms with E-state index in [1.807, 2.05) is 18.2 Å². The molecule has 0 spiro atoms. The molecule has 1 aromatic heterocycles. The van der Waals surface area contributed by atoms with Gasteiger partial charge in [-0.05, 0) is 36.1 Å². The maximum atomic E-state index is 13.5. The van der Waals surface area contributed by atoms with Crippen LogP contribution in [0.5, 0.6) is 11.5 Å². The summed E-state index contributed by atoms with van der Waals surface area (Å²) in [6.45, 7) is 0. The standard InChI is InChI=1S/C23H21N5O5/c1-32-19-8-7-13(11-20(19)33-2)14-9-16-21(18(29)10-14)22(27-23(26-16)24-12-25-27)15-5-3-4-6-17(15)28(30)31/h3-8,11-12,14,22H,9-10H2,1-2H3,(H,24,25,26)/t14-,22+/m0/s1. The molecular weight excluding hydrogens is 426 g/mol. The van der Waals surface area contributed by atoms with Gasteiger partial charge in [-0.3, -0.25) is 14.9 Å². The number of anilines is 1. The molecule has 3 aromatic rings. The van der Waals surface area contributed by atoms with Gasteiger partial charge in [-0.25, -0.2) is 4.68 Å². The van der Waals surface area contributed by atoms with Crippen molar-refractivity contribution in [2.45, 2.75) is 24.8 Å². The molecule has 0 radical (unpaired) electrons. The van der Waals surface area contributed by atoms with Gasteiger partial charge in [0.05, 0.1) is 24.7 Å². The molecule has 168 valence electrons. The number of nitro groups is 1. The van der Waals surface area contributed by atoms with Gasteiger partial charge in [0.15, 0.2) is 17.3 Å². The fourth-order valence-electron chi connectivity index (χ4n) is 4.67. The van der Waals surface area contributed by atoms with E-state index in [4.69, 9.17) is 9.47 Å². The summed E-state index contributed by atoms with van der Waals surface area (Å²) in [5.74, 6) is 1.47. The van der Waals surface area contributed by atoms with Gasteiger partial charge >= 0.3 is 0 Å². The van der Waals surface area contributed by atoms with Crippen molar-refractivity contribution >= 4 is 17.4 Å². The van der Waals surface area contributed by atoms with E-state index in [9.17, 15) is 14.9 Å². The molecule has 33 heavy (non-hydrogen) atoms. The molecule has 2 aromatic carbocycles. The van der Waals surface area contributed by atoms with Gasteiger partial charge in [0.2, 0.25) is 5.95 Å². The molecule has 5 rings (SSSR count). The molecule has 2 aliphatic rings. The Bertz CT molecular complexity index is 1300. The number of methoxy groups -OCH3 is 2. The number of allylic oxidation sites excluding steroid dienone is 2. The Balaban J connectivity index is 1.59. The van der Waals surface area contributed by atoms with Gasteiger partial charge < -0.3 is 14.8 Å². The number of Topliss-reactive ketones (excluding diaryl/α,β-unsaturated/α-hetero) is 1. The zero-order valence-electron chi connectivity index (χ0n) is 18.0. The van der Waals surface area contributed by atoms with Crippen LogP contribution in [-0.2, 0) is 4.79 Å². The highest BCUT2D eigenvalue weighted by atomic mass is 16.6. The van der Waals surface area contributed by atoms with Crippen LogP contribution in [0.4, 0.5) is 11.6 Å². The highest BCUT2D eigenvalue weighted by molar-refractivity contribution is 6.00. The molecule has 1 aliphatic heterocycles. The van der Waals surface area contributed by atoms with Crippen LogP contribution in [0.2, 0.25) is 0 Å². The third kappa shape index (κ3) is 3.39. The number of aromatic nitrogens is 3. The molecule has 2 heterocycles. The van der Waals surface area contributed by atoms with Crippen LogP contribution in [0.15, 0.2) is 60.1 Å². The zero-order chi connectivity index (χ0) is 23.1. The van der Waals surface area contributed by atoms with E-state index in [1.165, 1.54) is 17.1 Å². The summed E-state index contributed by atoms with van der Waals surface area (Å²) in [6, 6.07) is 11.3. The average Bonchev–Trinajstić information content (AvgIpc) is 3.30. The van der Waals surface area contributed by atoms with Crippen LogP contribution < -0.4 is 14.8 Å². The van der Waals surface area contributed by atoms with Crippen molar-refractivity contribution in [3.8, 4) is 11.5 Å². The number of fused-ring (bicyclic) bond motifs is 1. The monoisotopic (exact) mass is 447 g/mol. The van der Waals surface area contributed by atoms with Gasteiger partial charge in [-0.1, -0.05) is 18.2 Å². The smallest absolute Gasteiger partial charge is 0.275 e. The number of carbonyl (C=O) groups excluding carboxylic acids is 1. The van der Waals surface area contributed by atoms with Crippen LogP contribution in [0, 0.1) is 10.1 Å². The van der Waals surface area contributed by atoms with Crippen LogP contribution in [0.3, 0.4) is 0 Å². The fraction of sp³-hybridized carbons (Fsp3) is 0.261. The lowest BCUT2D eigenvalue weighted by molar-refractivity contribution is -0.385. The van der Waals surface area contributed by atoms with E-state index in [0.717, 1.165) is 5.56 Å². The lowest BCUT2D eigenvalue weighted by Gasteiger charge is -2.35. The molecule has 10 heteroatoms. The first-order valence-corrected chi connectivity index (χ1v) is 10.4. The van der Waals surface area contributed by atoms with Gasteiger partial charge in [-0.15, -0.1) is 0 Å². The second kappa shape index (κ2) is 8.05. The molecule has 0 saturated heterocycles. The van der Waals surface area contributed by atoms with Crippen molar-refractivity contribution in [1.29, 1.82) is 0 Å². The average molecular weight is 447 g/mol. The number of nitro benzene ring substituents is 1. The molecule has 0 bridgehead atoms. The molecule has 10 nitrogen and oxygen atoms in total. The number of nitrogens with one attached hydrogen (secondary N) is 1. The van der Waals surface area contributed by atoms with Crippen LogP contribution in [0.25, 0.3) is 0 Å². The number of nitrogens with zero attached hydrogens (tertiary/aromatic N) is 4. The number of ketones is 1. The summed E-state index contributed by atoms with van der Waals surface area (Å²) in [5.41, 5.74) is 2.48. The number of ether oxygens (including phenoxy) is 2. The highest BCUT2D eigenvalue weighted by Crippen LogP contribution is 2.46. The summed E-state index contributed by atoms with van der Waals surface area (Å²) in [4.78, 5) is 29.1. The number of carbonyl (C=O) groups is 1. The molecular formula is C23H21N5O5. The van der Waals surface area contributed by atoms with Crippen molar-refractivity contribution in [1.82, 2.24) is 14.8 Å². The molecule has 0 amide bonds. The largest absolute Gasteiger partial charge is 0.493 e. The summed E-state index contributed by atoms with van der Waals surface area (Å²) >= 11 is 0. The van der Waals surface area contributed by atoms with Gasteiger partial charge in [0, 0.05) is 23.8 Å². The Morgan fingerprint density at radius 2 is 1.91 bits per heavy atom. The third-order valence-electron chi connectivity index (χ3n) is 6.17. The minimum Gasteiger partial charge on any atom is -0.493 e. The fourth-order valence-corrected chi connectivity index (χ4v) is 4.67. The molecule has 0 saturated carbocycles. The van der Waals surface area contributed by atoms with Crippen molar-refractivity contribution in [2.24, 2.45) is 0 Å². The molecule has 0 fully saturated rings. The summed E-state index contributed by atoms with van der Waals surface area (Å²) < 4.78 is 12.3. The molecule has 2 atom stereocenters. The number of rotatable bonds is 5. The molecule has 1 aliphatic carbocycles. The van der Waals surface area contributed by atoms with Gasteiger partial charge in [0.1, 0.15) is 12.4 Å². The lowest BCUT2D eigenvalue weighted by atomic mass is 9.77. The quantitative estimate of drug-likeness (QED) is 0.465. The maximum Gasteiger partial charge on any atom is 0.275 e. The number of para-hydroxylation sites is 1. The Morgan fingerprint density at radius 3 is 2.67 bits per heavy atom. The Morgan fingerprint density at radius 1 is 1.12 bits per heavy atom. The minimum absolute atomic E-state index is 0.0625. The van der Waals surface area contributed by atoms with E-state index in [0.29, 0.717) is 40.7 Å². The van der Waals surface area contributed by atoms with Crippen LogP contribution in [-0.4, -0.2) is 39.7 Å². The Kier molecular flexibility index (Phi) is 5.04. The first-order chi connectivity index (χ1) is 16.0. The zero-order valence-corrected chi connectivity index (χ0v) is 18.0. The SMILES string of the molecule is COc1ccc([C@@H]2CC(=O)C3=C(C2)Nc2ncnn2[C@@H]3c2ccccc2[N+](=O)[O-])cc1OC. The van der Waals surface area contributed by atoms with E-state index in [-0.39, 0.29) is 23.8 Å². The van der Waals surface area contributed by atoms with E-state index >= 15 is 0 Å². The summed E-state index contributed by atoms with van der Waals surface area (Å²) in [6.07, 6.45) is 2.18. The van der Waals surface area contributed by atoms with Gasteiger partial charge in [-0.2, -0.15) is 10.1 Å². The highest BCUT2D eigenvalue weighted by Gasteiger charge is 2.41. The normalized spacial score (nSPS) is 19.4. The first kappa shape index (κ1) is 20.7. The number of benzene rings is 2. The van der Waals surface area contributed by atoms with Crippen molar-refractivity contribution in [3.05, 3.63) is 81.3 Å². The molecule has 1 N–H and O–H groups in total. The predicted octanol–water partition coefficient (Wildman–Crippen LogP) is 3.62. The third-order valence-corrected chi connectivity index (χ3v) is 6.17. The molecule has 0 unspecified atom stereocenters. The van der Waals surface area contributed by atoms with E-state index in [2.05, 4.69) is 15.4 Å². The lowest BCUT2D eigenvalue weighted by Crippen LogP contribution is -2.33. The van der Waals surface area contributed by atoms with Crippen molar-refractivity contribution in [3.63, 3.8) is 0 Å².